The van der Waals surface area contributed by atoms with Gasteiger partial charge < -0.3 is 5.32 Å². The molecule has 2 amide bonds. The van der Waals surface area contributed by atoms with E-state index in [9.17, 15) is 19.7 Å². The minimum absolute atomic E-state index is 0.00374. The summed E-state index contributed by atoms with van der Waals surface area (Å²) in [4.78, 5) is 34.1. The number of amides is 2. The number of anilines is 1. The smallest absolute Gasteiger partial charge is 0.269 e. The van der Waals surface area contributed by atoms with Gasteiger partial charge in [-0.1, -0.05) is 29.8 Å². The second-order valence-electron chi connectivity index (χ2n) is 6.12. The molecule has 0 spiro atoms. The number of hydrogen-bond acceptors (Lipinski definition) is 5. The van der Waals surface area contributed by atoms with Crippen LogP contribution in [0.5, 0.6) is 0 Å². The first-order valence-corrected chi connectivity index (χ1v) is 8.74. The first-order chi connectivity index (χ1) is 13.3. The number of nitro groups is 1. The number of rotatable bonds is 7. The molecule has 28 heavy (non-hydrogen) atoms. The van der Waals surface area contributed by atoms with Crippen molar-refractivity contribution in [2.24, 2.45) is 5.10 Å². The van der Waals surface area contributed by atoms with Gasteiger partial charge in [0.1, 0.15) is 0 Å². The maximum atomic E-state index is 12.1. The van der Waals surface area contributed by atoms with Gasteiger partial charge in [-0.2, -0.15) is 5.10 Å². The molecule has 0 bridgehead atoms. The molecule has 0 atom stereocenters. The zero-order valence-corrected chi connectivity index (χ0v) is 16.1. The molecule has 0 aliphatic heterocycles. The Kier molecular flexibility index (Phi) is 7.22. The van der Waals surface area contributed by atoms with Gasteiger partial charge in [-0.15, -0.1) is 0 Å². The number of non-ortho nitro benzene ring substituents is 1. The van der Waals surface area contributed by atoms with Crippen LogP contribution in [0.4, 0.5) is 11.4 Å². The third kappa shape index (κ3) is 6.17. The number of halogens is 1. The predicted molar refractivity (Wildman–Crippen MR) is 107 cm³/mol. The number of hydrazone groups is 1. The standard InChI is InChI=1S/C19H19ClN4O4/c1-12(10-18(25)21-17-5-3-4-16(20)13(17)2)22-23-19(26)11-14-6-8-15(9-7-14)24(27)28/h3-9H,10-11H2,1-2H3,(H,21,25)(H,23,26). The van der Waals surface area contributed by atoms with E-state index in [2.05, 4.69) is 15.8 Å². The molecule has 8 nitrogen and oxygen atoms in total. The average molecular weight is 403 g/mol. The Balaban J connectivity index is 1.85. The van der Waals surface area contributed by atoms with Gasteiger partial charge in [0.05, 0.1) is 17.8 Å². The number of nitrogens with zero attached hydrogens (tertiary/aromatic N) is 2. The summed E-state index contributed by atoms with van der Waals surface area (Å²) in [6, 6.07) is 10.9. The summed E-state index contributed by atoms with van der Waals surface area (Å²) in [5, 5.41) is 17.8. The monoisotopic (exact) mass is 402 g/mol. The largest absolute Gasteiger partial charge is 0.325 e. The molecule has 0 aliphatic carbocycles. The zero-order valence-electron chi connectivity index (χ0n) is 15.4. The van der Waals surface area contributed by atoms with E-state index < -0.39 is 4.92 Å². The molecule has 2 rings (SSSR count). The molecule has 2 aromatic carbocycles. The van der Waals surface area contributed by atoms with E-state index in [0.717, 1.165) is 5.56 Å². The Morgan fingerprint density at radius 3 is 2.46 bits per heavy atom. The van der Waals surface area contributed by atoms with E-state index in [1.807, 2.05) is 0 Å². The lowest BCUT2D eigenvalue weighted by Gasteiger charge is -2.09. The van der Waals surface area contributed by atoms with Crippen molar-refractivity contribution in [3.05, 3.63) is 68.7 Å². The Hall–Kier alpha value is -3.26. The van der Waals surface area contributed by atoms with Gasteiger partial charge in [0, 0.05) is 28.6 Å². The van der Waals surface area contributed by atoms with Crippen LogP contribution >= 0.6 is 11.6 Å². The molecule has 9 heteroatoms. The minimum atomic E-state index is -0.507. The molecule has 0 fully saturated rings. The fourth-order valence-corrected chi connectivity index (χ4v) is 2.50. The van der Waals surface area contributed by atoms with Crippen molar-refractivity contribution in [3.8, 4) is 0 Å². The van der Waals surface area contributed by atoms with Crippen molar-refractivity contribution in [2.75, 3.05) is 5.32 Å². The van der Waals surface area contributed by atoms with Crippen molar-refractivity contribution in [3.63, 3.8) is 0 Å². The van der Waals surface area contributed by atoms with Crippen LogP contribution in [0.2, 0.25) is 5.02 Å². The van der Waals surface area contributed by atoms with Crippen LogP contribution in [-0.2, 0) is 16.0 Å². The van der Waals surface area contributed by atoms with Gasteiger partial charge in [-0.05, 0) is 37.1 Å². The summed E-state index contributed by atoms with van der Waals surface area (Å²) in [6.07, 6.45) is 0.0203. The predicted octanol–water partition coefficient (Wildman–Crippen LogP) is 3.62. The second-order valence-corrected chi connectivity index (χ2v) is 6.53. The Morgan fingerprint density at radius 1 is 1.14 bits per heavy atom. The summed E-state index contributed by atoms with van der Waals surface area (Å²) < 4.78 is 0. The highest BCUT2D eigenvalue weighted by Crippen LogP contribution is 2.23. The minimum Gasteiger partial charge on any atom is -0.325 e. The summed E-state index contributed by atoms with van der Waals surface area (Å²) in [5.74, 6) is -0.671. The highest BCUT2D eigenvalue weighted by atomic mass is 35.5. The maximum Gasteiger partial charge on any atom is 0.269 e. The second kappa shape index (κ2) is 9.61. The van der Waals surface area contributed by atoms with Crippen LogP contribution in [-0.4, -0.2) is 22.4 Å². The van der Waals surface area contributed by atoms with Gasteiger partial charge in [-0.3, -0.25) is 19.7 Å². The Labute approximate surface area is 166 Å². The van der Waals surface area contributed by atoms with Crippen molar-refractivity contribution in [2.45, 2.75) is 26.7 Å². The lowest BCUT2D eigenvalue weighted by Crippen LogP contribution is -2.23. The molecule has 0 aliphatic rings. The number of benzene rings is 2. The van der Waals surface area contributed by atoms with Crippen molar-refractivity contribution in [1.29, 1.82) is 0 Å². The first-order valence-electron chi connectivity index (χ1n) is 8.36. The molecular weight excluding hydrogens is 384 g/mol. The van der Waals surface area contributed by atoms with Gasteiger partial charge in [-0.25, -0.2) is 5.43 Å². The van der Waals surface area contributed by atoms with E-state index in [0.29, 0.717) is 22.0 Å². The molecule has 0 saturated carbocycles. The summed E-state index contributed by atoms with van der Waals surface area (Å²) in [5.41, 5.74) is 4.76. The number of carbonyl (C=O) groups excluding carboxylic acids is 2. The molecule has 2 aromatic rings. The molecule has 0 aromatic heterocycles. The lowest BCUT2D eigenvalue weighted by molar-refractivity contribution is -0.384. The quantitative estimate of drug-likeness (QED) is 0.418. The van der Waals surface area contributed by atoms with Gasteiger partial charge in [0.25, 0.3) is 5.69 Å². The molecule has 0 saturated heterocycles. The van der Waals surface area contributed by atoms with Crippen LogP contribution in [0.15, 0.2) is 47.6 Å². The Morgan fingerprint density at radius 2 is 1.82 bits per heavy atom. The number of nitrogens with one attached hydrogen (secondary N) is 2. The average Bonchev–Trinajstić information content (AvgIpc) is 2.64. The van der Waals surface area contributed by atoms with E-state index in [4.69, 9.17) is 11.6 Å². The number of nitro benzene ring substituents is 1. The van der Waals surface area contributed by atoms with Crippen molar-refractivity contribution >= 4 is 40.5 Å². The maximum absolute atomic E-state index is 12.1. The van der Waals surface area contributed by atoms with Crippen molar-refractivity contribution < 1.29 is 14.5 Å². The Bertz CT molecular complexity index is 926. The topological polar surface area (TPSA) is 114 Å². The third-order valence-electron chi connectivity index (χ3n) is 3.84. The molecular formula is C19H19ClN4O4. The van der Waals surface area contributed by atoms with Gasteiger partial charge in [0.2, 0.25) is 11.8 Å². The fraction of sp³-hybridized carbons (Fsp3) is 0.211. The highest BCUT2D eigenvalue weighted by Gasteiger charge is 2.10. The molecule has 0 unspecified atom stereocenters. The summed E-state index contributed by atoms with van der Waals surface area (Å²) in [6.45, 7) is 3.42. The zero-order chi connectivity index (χ0) is 20.7. The summed E-state index contributed by atoms with van der Waals surface area (Å²) in [7, 11) is 0. The SMILES string of the molecule is CC(CC(=O)Nc1cccc(Cl)c1C)=NNC(=O)Cc1ccc([N+](=O)[O-])cc1. The summed E-state index contributed by atoms with van der Waals surface area (Å²) >= 11 is 6.02. The van der Waals surface area contributed by atoms with Crippen LogP contribution in [0.1, 0.15) is 24.5 Å². The van der Waals surface area contributed by atoms with E-state index in [-0.39, 0.29) is 30.3 Å². The van der Waals surface area contributed by atoms with Crippen LogP contribution in [0.3, 0.4) is 0 Å². The van der Waals surface area contributed by atoms with Crippen LogP contribution < -0.4 is 10.7 Å². The van der Waals surface area contributed by atoms with Gasteiger partial charge in [0.15, 0.2) is 0 Å². The molecule has 2 N–H and O–H groups in total. The van der Waals surface area contributed by atoms with E-state index in [1.165, 1.54) is 24.3 Å². The first kappa shape index (κ1) is 21.0. The van der Waals surface area contributed by atoms with E-state index in [1.54, 1.807) is 32.0 Å². The number of carbonyl (C=O) groups is 2. The molecule has 0 heterocycles. The third-order valence-corrected chi connectivity index (χ3v) is 4.25. The fourth-order valence-electron chi connectivity index (χ4n) is 2.33. The molecule has 0 radical (unpaired) electrons. The van der Waals surface area contributed by atoms with Crippen molar-refractivity contribution in [1.82, 2.24) is 5.43 Å². The normalized spacial score (nSPS) is 11.0. The highest BCUT2D eigenvalue weighted by molar-refractivity contribution is 6.31. The van der Waals surface area contributed by atoms with Gasteiger partial charge >= 0.3 is 0 Å². The van der Waals surface area contributed by atoms with Crippen LogP contribution in [0.25, 0.3) is 0 Å². The lowest BCUT2D eigenvalue weighted by atomic mass is 10.1. The molecule has 146 valence electrons. The number of hydrogen-bond donors (Lipinski definition) is 2. The van der Waals surface area contributed by atoms with E-state index >= 15 is 0 Å². The van der Waals surface area contributed by atoms with Crippen LogP contribution in [0, 0.1) is 17.0 Å².